The minimum Gasteiger partial charge on any atom is -0.412 e. The molecular formula is C14H33NO2. The Morgan fingerprint density at radius 2 is 1.41 bits per heavy atom. The van der Waals surface area contributed by atoms with Crippen LogP contribution in [-0.2, 0) is 0 Å². The average molecular weight is 247 g/mol. The van der Waals surface area contributed by atoms with Gasteiger partial charge in [0.2, 0.25) is 0 Å². The average Bonchev–Trinajstić information content (AvgIpc) is 2.34. The molecule has 0 bridgehead atoms. The molecule has 5 N–H and O–H groups in total. The van der Waals surface area contributed by atoms with E-state index in [1.807, 2.05) is 13.8 Å². The summed E-state index contributed by atoms with van der Waals surface area (Å²) >= 11 is 0. The van der Waals surface area contributed by atoms with Crippen LogP contribution in [0.5, 0.6) is 0 Å². The second-order valence-corrected chi connectivity index (χ2v) is 5.08. The first-order valence-electron chi connectivity index (χ1n) is 7.09. The number of nitrogens with one attached hydrogen (secondary N) is 1. The standard InChI is InChI=1S/C12H23N.C2H6.2H2O/c1-10-5-7-11(8-6-10)12-4-2-3-9-13-12;1-2;;/h10-13H,2-9H2,1H3;1-2H3;2*1H2. The third-order valence-corrected chi connectivity index (χ3v) is 3.98. The van der Waals surface area contributed by atoms with Crippen LogP contribution >= 0.6 is 0 Å². The van der Waals surface area contributed by atoms with Crippen molar-refractivity contribution in [3.8, 4) is 0 Å². The van der Waals surface area contributed by atoms with Crippen LogP contribution in [0.25, 0.3) is 0 Å². The Kier molecular flexibility index (Phi) is 12.4. The zero-order chi connectivity index (χ0) is 11.1. The third kappa shape index (κ3) is 6.39. The molecule has 0 spiro atoms. The van der Waals surface area contributed by atoms with Crippen molar-refractivity contribution >= 4 is 0 Å². The fourth-order valence-electron chi connectivity index (χ4n) is 2.97. The summed E-state index contributed by atoms with van der Waals surface area (Å²) < 4.78 is 0. The van der Waals surface area contributed by atoms with Gasteiger partial charge in [0.05, 0.1) is 0 Å². The van der Waals surface area contributed by atoms with E-state index >= 15 is 0 Å². The summed E-state index contributed by atoms with van der Waals surface area (Å²) in [6, 6.07) is 0.876. The molecule has 1 aliphatic heterocycles. The lowest BCUT2D eigenvalue weighted by molar-refractivity contribution is 0.206. The maximum atomic E-state index is 3.70. The Morgan fingerprint density at radius 1 is 0.824 bits per heavy atom. The fraction of sp³-hybridized carbons (Fsp3) is 1.00. The predicted molar refractivity (Wildman–Crippen MR) is 75.3 cm³/mol. The molecular weight excluding hydrogens is 214 g/mol. The predicted octanol–water partition coefficient (Wildman–Crippen LogP) is 2.33. The van der Waals surface area contributed by atoms with Crippen molar-refractivity contribution in [1.82, 2.24) is 5.32 Å². The van der Waals surface area contributed by atoms with Crippen LogP contribution in [0.4, 0.5) is 0 Å². The van der Waals surface area contributed by atoms with Crippen molar-refractivity contribution < 1.29 is 11.0 Å². The van der Waals surface area contributed by atoms with Crippen molar-refractivity contribution in [2.75, 3.05) is 6.54 Å². The van der Waals surface area contributed by atoms with Gasteiger partial charge in [-0.2, -0.15) is 0 Å². The molecule has 1 heterocycles. The quantitative estimate of drug-likeness (QED) is 0.758. The van der Waals surface area contributed by atoms with Gasteiger partial charge in [0.1, 0.15) is 0 Å². The number of hydrogen-bond acceptors (Lipinski definition) is 1. The van der Waals surface area contributed by atoms with E-state index in [4.69, 9.17) is 0 Å². The Hall–Kier alpha value is -0.120. The lowest BCUT2D eigenvalue weighted by atomic mass is 9.77. The molecule has 0 aromatic heterocycles. The van der Waals surface area contributed by atoms with Crippen LogP contribution in [0.15, 0.2) is 0 Å². The van der Waals surface area contributed by atoms with E-state index < -0.39 is 0 Å². The summed E-state index contributed by atoms with van der Waals surface area (Å²) in [5, 5.41) is 3.70. The first-order valence-corrected chi connectivity index (χ1v) is 7.09. The molecule has 0 aromatic carbocycles. The van der Waals surface area contributed by atoms with Crippen LogP contribution in [0, 0.1) is 11.8 Å². The normalized spacial score (nSPS) is 32.3. The number of hydrogen-bond donors (Lipinski definition) is 1. The highest BCUT2D eigenvalue weighted by Gasteiger charge is 2.26. The maximum Gasteiger partial charge on any atom is 0.00953 e. The van der Waals surface area contributed by atoms with E-state index in [9.17, 15) is 0 Å². The van der Waals surface area contributed by atoms with Crippen molar-refractivity contribution in [1.29, 1.82) is 0 Å². The molecule has 0 amide bonds. The topological polar surface area (TPSA) is 75.0 Å². The van der Waals surface area contributed by atoms with Crippen molar-refractivity contribution in [2.24, 2.45) is 11.8 Å². The van der Waals surface area contributed by atoms with E-state index in [0.717, 1.165) is 17.9 Å². The lowest BCUT2D eigenvalue weighted by Crippen LogP contribution is -2.41. The Balaban J connectivity index is 0. The Morgan fingerprint density at radius 3 is 1.88 bits per heavy atom. The lowest BCUT2D eigenvalue weighted by Gasteiger charge is -2.35. The van der Waals surface area contributed by atoms with E-state index in [1.165, 1.54) is 51.5 Å². The smallest absolute Gasteiger partial charge is 0.00953 e. The highest BCUT2D eigenvalue weighted by atomic mass is 16.0. The summed E-state index contributed by atoms with van der Waals surface area (Å²) in [4.78, 5) is 0. The van der Waals surface area contributed by atoms with E-state index in [2.05, 4.69) is 12.2 Å². The van der Waals surface area contributed by atoms with Gasteiger partial charge in [-0.1, -0.05) is 40.0 Å². The highest BCUT2D eigenvalue weighted by molar-refractivity contribution is 4.83. The molecule has 1 saturated heterocycles. The van der Waals surface area contributed by atoms with Crippen LogP contribution in [0.3, 0.4) is 0 Å². The summed E-state index contributed by atoms with van der Waals surface area (Å²) in [5.41, 5.74) is 0. The molecule has 2 fully saturated rings. The monoisotopic (exact) mass is 247 g/mol. The molecule has 3 nitrogen and oxygen atoms in total. The van der Waals surface area contributed by atoms with Crippen LogP contribution in [0.1, 0.15) is 65.7 Å². The molecule has 0 radical (unpaired) electrons. The van der Waals surface area contributed by atoms with E-state index in [0.29, 0.717) is 0 Å². The van der Waals surface area contributed by atoms with Crippen LogP contribution in [-0.4, -0.2) is 23.5 Å². The number of piperidine rings is 1. The molecule has 1 unspecified atom stereocenters. The van der Waals surface area contributed by atoms with Gasteiger partial charge in [0, 0.05) is 6.04 Å². The second-order valence-electron chi connectivity index (χ2n) is 5.08. The second kappa shape index (κ2) is 11.0. The van der Waals surface area contributed by atoms with Gasteiger partial charge in [-0.15, -0.1) is 0 Å². The van der Waals surface area contributed by atoms with Crippen molar-refractivity contribution in [3.05, 3.63) is 0 Å². The van der Waals surface area contributed by atoms with Gasteiger partial charge in [0.25, 0.3) is 0 Å². The zero-order valence-corrected chi connectivity index (χ0v) is 11.9. The molecule has 0 aromatic rings. The van der Waals surface area contributed by atoms with E-state index in [-0.39, 0.29) is 11.0 Å². The van der Waals surface area contributed by atoms with Crippen LogP contribution < -0.4 is 5.32 Å². The maximum absolute atomic E-state index is 3.70. The largest absolute Gasteiger partial charge is 0.412 e. The third-order valence-electron chi connectivity index (χ3n) is 3.98. The van der Waals surface area contributed by atoms with Gasteiger partial charge in [-0.25, -0.2) is 0 Å². The van der Waals surface area contributed by atoms with Gasteiger partial charge in [0.15, 0.2) is 0 Å². The molecule has 2 rings (SSSR count). The first-order chi connectivity index (χ1) is 7.36. The molecule has 106 valence electrons. The first kappa shape index (κ1) is 19.2. The molecule has 2 aliphatic rings. The van der Waals surface area contributed by atoms with Gasteiger partial charge in [-0.3, -0.25) is 0 Å². The summed E-state index contributed by atoms with van der Waals surface area (Å²) in [7, 11) is 0. The fourth-order valence-corrected chi connectivity index (χ4v) is 2.97. The molecule has 3 heteroatoms. The Labute approximate surface area is 107 Å². The number of rotatable bonds is 1. The molecule has 1 atom stereocenters. The summed E-state index contributed by atoms with van der Waals surface area (Å²) in [5.74, 6) is 2.01. The van der Waals surface area contributed by atoms with E-state index in [1.54, 1.807) is 0 Å². The van der Waals surface area contributed by atoms with Gasteiger partial charge < -0.3 is 16.3 Å². The van der Waals surface area contributed by atoms with Crippen molar-refractivity contribution in [2.45, 2.75) is 71.8 Å². The Bertz CT molecular complexity index is 150. The molecule has 1 saturated carbocycles. The SMILES string of the molecule is CC.CC1CCC(C2CCCCN2)CC1.O.O. The van der Waals surface area contributed by atoms with Gasteiger partial charge >= 0.3 is 0 Å². The molecule has 1 aliphatic carbocycles. The van der Waals surface area contributed by atoms with Crippen molar-refractivity contribution in [3.63, 3.8) is 0 Å². The molecule has 17 heavy (non-hydrogen) atoms. The minimum absolute atomic E-state index is 0. The zero-order valence-electron chi connectivity index (χ0n) is 11.9. The van der Waals surface area contributed by atoms with Crippen LogP contribution in [0.2, 0.25) is 0 Å². The highest BCUT2D eigenvalue weighted by Crippen LogP contribution is 2.32. The minimum atomic E-state index is 0. The summed E-state index contributed by atoms with van der Waals surface area (Å²) in [6.07, 6.45) is 10.2. The van der Waals surface area contributed by atoms with Gasteiger partial charge in [-0.05, 0) is 44.1 Å². The summed E-state index contributed by atoms with van der Waals surface area (Å²) in [6.45, 7) is 7.68.